The molecule has 0 bridgehead atoms. The first-order chi connectivity index (χ1) is 5.59. The molecule has 0 aliphatic carbocycles. The molecule has 1 aromatic heterocycles. The molecule has 0 radical (unpaired) electrons. The third-order valence-corrected chi connectivity index (χ3v) is 3.02. The number of hydrogen-bond donors (Lipinski definition) is 2. The molecule has 0 fully saturated rings. The number of aliphatic hydroxyl groups excluding tert-OH is 1. The van der Waals surface area contributed by atoms with Crippen molar-refractivity contribution >= 4 is 33.2 Å². The number of halogens is 1. The van der Waals surface area contributed by atoms with Crippen LogP contribution in [0.25, 0.3) is 0 Å². The van der Waals surface area contributed by atoms with Gasteiger partial charge in [-0.1, -0.05) is 0 Å². The Kier molecular flexibility index (Phi) is 3.25. The van der Waals surface area contributed by atoms with Crippen LogP contribution in [0.4, 0.5) is 0 Å². The molecule has 0 aliphatic heterocycles. The van der Waals surface area contributed by atoms with Crippen LogP contribution in [0.1, 0.15) is 17.4 Å². The largest absolute Gasteiger partial charge is 0.481 e. The molecule has 5 heteroatoms. The SMILES string of the molecule is O=C(O)C[C@H](O)c1ccc(Br)s1. The zero-order chi connectivity index (χ0) is 9.14. The molecule has 3 nitrogen and oxygen atoms in total. The van der Waals surface area contributed by atoms with Crippen molar-refractivity contribution < 1.29 is 15.0 Å². The smallest absolute Gasteiger partial charge is 0.306 e. The Labute approximate surface area is 81.8 Å². The summed E-state index contributed by atoms with van der Waals surface area (Å²) in [6.07, 6.45) is -1.13. The van der Waals surface area contributed by atoms with Gasteiger partial charge in [0.2, 0.25) is 0 Å². The van der Waals surface area contributed by atoms with Gasteiger partial charge in [-0.3, -0.25) is 4.79 Å². The van der Waals surface area contributed by atoms with E-state index >= 15 is 0 Å². The molecule has 1 atom stereocenters. The van der Waals surface area contributed by atoms with Crippen molar-refractivity contribution in [2.24, 2.45) is 0 Å². The summed E-state index contributed by atoms with van der Waals surface area (Å²) in [5, 5.41) is 17.7. The Morgan fingerprint density at radius 1 is 1.67 bits per heavy atom. The van der Waals surface area contributed by atoms with Crippen LogP contribution in [-0.2, 0) is 4.79 Å². The number of aliphatic carboxylic acids is 1. The summed E-state index contributed by atoms with van der Waals surface area (Å²) in [7, 11) is 0. The Morgan fingerprint density at radius 2 is 2.33 bits per heavy atom. The van der Waals surface area contributed by atoms with Crippen molar-refractivity contribution in [2.45, 2.75) is 12.5 Å². The molecule has 12 heavy (non-hydrogen) atoms. The summed E-state index contributed by atoms with van der Waals surface area (Å²) in [4.78, 5) is 10.9. The predicted octanol–water partition coefficient (Wildman–Crippen LogP) is 2.02. The Morgan fingerprint density at radius 3 is 2.75 bits per heavy atom. The second-order valence-electron chi connectivity index (χ2n) is 2.26. The second-order valence-corrected chi connectivity index (χ2v) is 4.75. The summed E-state index contributed by atoms with van der Waals surface area (Å²) in [6.45, 7) is 0. The van der Waals surface area contributed by atoms with Crippen LogP contribution in [0, 0.1) is 0 Å². The van der Waals surface area contributed by atoms with Gasteiger partial charge in [-0.05, 0) is 28.1 Å². The molecule has 1 rings (SSSR count). The molecule has 0 spiro atoms. The third-order valence-electron chi connectivity index (χ3n) is 1.29. The molecular weight excluding hydrogens is 244 g/mol. The average Bonchev–Trinajstić information content (AvgIpc) is 2.34. The van der Waals surface area contributed by atoms with E-state index in [1.807, 2.05) is 0 Å². The second kappa shape index (κ2) is 4.02. The molecule has 66 valence electrons. The van der Waals surface area contributed by atoms with Crippen molar-refractivity contribution in [3.63, 3.8) is 0 Å². The number of aliphatic hydroxyl groups is 1. The zero-order valence-electron chi connectivity index (χ0n) is 6.03. The van der Waals surface area contributed by atoms with Gasteiger partial charge in [0, 0.05) is 4.88 Å². The van der Waals surface area contributed by atoms with Gasteiger partial charge < -0.3 is 10.2 Å². The minimum atomic E-state index is -0.993. The van der Waals surface area contributed by atoms with Gasteiger partial charge in [-0.15, -0.1) is 11.3 Å². The van der Waals surface area contributed by atoms with E-state index < -0.39 is 12.1 Å². The summed E-state index contributed by atoms with van der Waals surface area (Å²) in [5.74, 6) is -0.993. The highest BCUT2D eigenvalue weighted by atomic mass is 79.9. The van der Waals surface area contributed by atoms with Crippen LogP contribution in [0.3, 0.4) is 0 Å². The van der Waals surface area contributed by atoms with Crippen molar-refractivity contribution in [3.8, 4) is 0 Å². The lowest BCUT2D eigenvalue weighted by Gasteiger charge is -2.02. The molecule has 0 aliphatic rings. The van der Waals surface area contributed by atoms with E-state index in [0.717, 1.165) is 3.79 Å². The number of thiophene rings is 1. The van der Waals surface area contributed by atoms with Gasteiger partial charge >= 0.3 is 5.97 Å². The highest BCUT2D eigenvalue weighted by Gasteiger charge is 2.13. The molecule has 0 saturated carbocycles. The number of carboxylic acids is 1. The molecule has 1 heterocycles. The maximum atomic E-state index is 10.2. The Hall–Kier alpha value is -0.390. The number of carbonyl (C=O) groups is 1. The maximum absolute atomic E-state index is 10.2. The quantitative estimate of drug-likeness (QED) is 0.863. The summed E-state index contributed by atoms with van der Waals surface area (Å²) in [5.41, 5.74) is 0. The minimum absolute atomic E-state index is 0.243. The van der Waals surface area contributed by atoms with E-state index in [1.54, 1.807) is 12.1 Å². The average molecular weight is 251 g/mol. The summed E-state index contributed by atoms with van der Waals surface area (Å²) >= 11 is 4.57. The van der Waals surface area contributed by atoms with Gasteiger partial charge in [-0.25, -0.2) is 0 Å². The van der Waals surface area contributed by atoms with Gasteiger partial charge in [0.05, 0.1) is 16.3 Å². The van der Waals surface area contributed by atoms with E-state index in [2.05, 4.69) is 15.9 Å². The highest BCUT2D eigenvalue weighted by Crippen LogP contribution is 2.28. The molecule has 0 saturated heterocycles. The van der Waals surface area contributed by atoms with Gasteiger partial charge in [0.1, 0.15) is 0 Å². The fourth-order valence-electron chi connectivity index (χ4n) is 0.773. The molecule has 1 aromatic rings. The predicted molar refractivity (Wildman–Crippen MR) is 49.2 cm³/mol. The van der Waals surface area contributed by atoms with E-state index in [-0.39, 0.29) is 6.42 Å². The summed E-state index contributed by atoms with van der Waals surface area (Å²) < 4.78 is 0.891. The first-order valence-electron chi connectivity index (χ1n) is 3.24. The molecule has 0 aromatic carbocycles. The fourth-order valence-corrected chi connectivity index (χ4v) is 2.18. The maximum Gasteiger partial charge on any atom is 0.306 e. The topological polar surface area (TPSA) is 57.5 Å². The van der Waals surface area contributed by atoms with Crippen molar-refractivity contribution in [1.29, 1.82) is 0 Å². The number of hydrogen-bond acceptors (Lipinski definition) is 3. The third kappa shape index (κ3) is 2.58. The van der Waals surface area contributed by atoms with Crippen molar-refractivity contribution in [1.82, 2.24) is 0 Å². The van der Waals surface area contributed by atoms with Crippen LogP contribution >= 0.6 is 27.3 Å². The van der Waals surface area contributed by atoms with E-state index in [9.17, 15) is 9.90 Å². The van der Waals surface area contributed by atoms with Crippen molar-refractivity contribution in [2.75, 3.05) is 0 Å². The van der Waals surface area contributed by atoms with Crippen LogP contribution in [0.5, 0.6) is 0 Å². The van der Waals surface area contributed by atoms with Gasteiger partial charge in [-0.2, -0.15) is 0 Å². The Bertz CT molecular complexity index is 284. The van der Waals surface area contributed by atoms with Crippen LogP contribution in [-0.4, -0.2) is 16.2 Å². The highest BCUT2D eigenvalue weighted by molar-refractivity contribution is 9.11. The Balaban J connectivity index is 2.64. The lowest BCUT2D eigenvalue weighted by Crippen LogP contribution is -2.03. The number of carboxylic acid groups (broad SMARTS) is 1. The van der Waals surface area contributed by atoms with Crippen LogP contribution in [0.2, 0.25) is 0 Å². The molecule has 0 amide bonds. The van der Waals surface area contributed by atoms with Crippen LogP contribution < -0.4 is 0 Å². The van der Waals surface area contributed by atoms with Gasteiger partial charge in [0.15, 0.2) is 0 Å². The first kappa shape index (κ1) is 9.70. The molecule has 2 N–H and O–H groups in total. The molecular formula is C7H7BrO3S. The number of rotatable bonds is 3. The minimum Gasteiger partial charge on any atom is -0.481 e. The lowest BCUT2D eigenvalue weighted by molar-refractivity contribution is -0.139. The van der Waals surface area contributed by atoms with Gasteiger partial charge in [0.25, 0.3) is 0 Å². The molecule has 0 unspecified atom stereocenters. The lowest BCUT2D eigenvalue weighted by atomic mass is 10.2. The van der Waals surface area contributed by atoms with Crippen LogP contribution in [0.15, 0.2) is 15.9 Å². The summed E-state index contributed by atoms with van der Waals surface area (Å²) in [6, 6.07) is 3.49. The van der Waals surface area contributed by atoms with E-state index in [4.69, 9.17) is 5.11 Å². The zero-order valence-corrected chi connectivity index (χ0v) is 8.43. The first-order valence-corrected chi connectivity index (χ1v) is 4.85. The van der Waals surface area contributed by atoms with Crippen molar-refractivity contribution in [3.05, 3.63) is 20.8 Å². The normalized spacial score (nSPS) is 12.8. The fraction of sp³-hybridized carbons (Fsp3) is 0.286. The monoisotopic (exact) mass is 250 g/mol. The van der Waals surface area contributed by atoms with E-state index in [1.165, 1.54) is 11.3 Å². The standard InChI is InChI=1S/C7H7BrO3S/c8-6-2-1-5(12-6)4(9)3-7(10)11/h1-2,4,9H,3H2,(H,10,11)/t4-/m0/s1. The van der Waals surface area contributed by atoms with E-state index in [0.29, 0.717) is 4.88 Å².